The number of hydrogen-bond acceptors (Lipinski definition) is 2. The number of benzene rings is 1. The highest BCUT2D eigenvalue weighted by Gasteiger charge is 2.11. The van der Waals surface area contributed by atoms with Gasteiger partial charge in [-0.3, -0.25) is 0 Å². The van der Waals surface area contributed by atoms with Crippen LogP contribution in [0.1, 0.15) is 5.56 Å². The van der Waals surface area contributed by atoms with Crippen molar-refractivity contribution in [1.82, 2.24) is 4.90 Å². The first-order valence-corrected chi connectivity index (χ1v) is 5.62. The van der Waals surface area contributed by atoms with Crippen LogP contribution >= 0.6 is 0 Å². The molecule has 18 heavy (non-hydrogen) atoms. The Morgan fingerprint density at radius 2 is 2.33 bits per heavy atom. The summed E-state index contributed by atoms with van der Waals surface area (Å²) in [6.45, 7) is 5.61. The molecule has 1 rings (SSSR count). The molecule has 0 aliphatic heterocycles. The zero-order valence-electron chi connectivity index (χ0n) is 10.3. The largest absolute Gasteiger partial charge is 0.395 e. The first-order chi connectivity index (χ1) is 8.58. The number of aryl methyl sites for hydroxylation is 1. The van der Waals surface area contributed by atoms with Gasteiger partial charge < -0.3 is 15.3 Å². The van der Waals surface area contributed by atoms with E-state index in [1.54, 1.807) is 19.1 Å². The SMILES string of the molecule is C=CCN(CCO)C(=O)Nc1ccc(F)c(C)c1. The molecule has 0 aliphatic carbocycles. The summed E-state index contributed by atoms with van der Waals surface area (Å²) in [5.74, 6) is -0.314. The highest BCUT2D eigenvalue weighted by Crippen LogP contribution is 2.14. The maximum absolute atomic E-state index is 13.1. The third kappa shape index (κ3) is 3.85. The molecule has 1 aromatic carbocycles. The van der Waals surface area contributed by atoms with Crippen molar-refractivity contribution in [1.29, 1.82) is 0 Å². The normalized spacial score (nSPS) is 9.94. The number of amides is 2. The second-order valence-corrected chi connectivity index (χ2v) is 3.85. The number of carbonyl (C=O) groups is 1. The molecule has 0 radical (unpaired) electrons. The van der Waals surface area contributed by atoms with E-state index in [2.05, 4.69) is 11.9 Å². The minimum absolute atomic E-state index is 0.121. The lowest BCUT2D eigenvalue weighted by molar-refractivity contribution is 0.195. The highest BCUT2D eigenvalue weighted by atomic mass is 19.1. The molecule has 1 aromatic rings. The quantitative estimate of drug-likeness (QED) is 0.789. The Labute approximate surface area is 106 Å². The third-order valence-corrected chi connectivity index (χ3v) is 2.42. The monoisotopic (exact) mass is 252 g/mol. The number of anilines is 1. The van der Waals surface area contributed by atoms with Crippen molar-refractivity contribution in [3.05, 3.63) is 42.2 Å². The lowest BCUT2D eigenvalue weighted by Crippen LogP contribution is -2.37. The molecule has 0 unspecified atom stereocenters. The first kappa shape index (κ1) is 14.2. The molecule has 0 bridgehead atoms. The Hall–Kier alpha value is -1.88. The molecule has 0 fully saturated rings. The molecule has 2 N–H and O–H groups in total. The van der Waals surface area contributed by atoms with Crippen LogP contribution in [0.3, 0.4) is 0 Å². The van der Waals surface area contributed by atoms with Crippen LogP contribution in [-0.2, 0) is 0 Å². The van der Waals surface area contributed by atoms with Crippen LogP contribution in [0, 0.1) is 12.7 Å². The minimum atomic E-state index is -0.352. The maximum atomic E-state index is 13.1. The molecule has 98 valence electrons. The van der Waals surface area contributed by atoms with E-state index in [0.717, 1.165) is 0 Å². The Kier molecular flexibility index (Phi) is 5.32. The van der Waals surface area contributed by atoms with Crippen molar-refractivity contribution in [2.45, 2.75) is 6.92 Å². The third-order valence-electron chi connectivity index (χ3n) is 2.42. The Bertz CT molecular complexity index is 435. The number of aliphatic hydroxyl groups excluding tert-OH is 1. The summed E-state index contributed by atoms with van der Waals surface area (Å²) in [6, 6.07) is 3.99. The van der Waals surface area contributed by atoms with Gasteiger partial charge in [0.05, 0.1) is 6.61 Å². The fourth-order valence-corrected chi connectivity index (χ4v) is 1.48. The number of aliphatic hydroxyl groups is 1. The van der Waals surface area contributed by atoms with Crippen molar-refractivity contribution in [2.75, 3.05) is 25.0 Å². The van der Waals surface area contributed by atoms with Crippen LogP contribution in [0.4, 0.5) is 14.9 Å². The van der Waals surface area contributed by atoms with Gasteiger partial charge in [-0.05, 0) is 30.7 Å². The fourth-order valence-electron chi connectivity index (χ4n) is 1.48. The van der Waals surface area contributed by atoms with Gasteiger partial charge >= 0.3 is 6.03 Å². The van der Waals surface area contributed by atoms with Crippen molar-refractivity contribution < 1.29 is 14.3 Å². The first-order valence-electron chi connectivity index (χ1n) is 5.62. The standard InChI is InChI=1S/C13H17FN2O2/c1-3-6-16(7-8-17)13(18)15-11-4-5-12(14)10(2)9-11/h3-5,9,17H,1,6-8H2,2H3,(H,15,18). The molecular weight excluding hydrogens is 235 g/mol. The molecule has 0 heterocycles. The zero-order chi connectivity index (χ0) is 13.5. The molecule has 0 saturated heterocycles. The van der Waals surface area contributed by atoms with Gasteiger partial charge in [0.25, 0.3) is 0 Å². The number of nitrogens with zero attached hydrogens (tertiary/aromatic N) is 1. The molecular formula is C13H17FN2O2. The minimum Gasteiger partial charge on any atom is -0.395 e. The second kappa shape index (κ2) is 6.76. The molecule has 0 aromatic heterocycles. The summed E-state index contributed by atoms with van der Waals surface area (Å²) in [5.41, 5.74) is 0.983. The van der Waals surface area contributed by atoms with E-state index in [9.17, 15) is 9.18 Å². The molecule has 4 nitrogen and oxygen atoms in total. The van der Waals surface area contributed by atoms with E-state index >= 15 is 0 Å². The van der Waals surface area contributed by atoms with Gasteiger partial charge in [-0.2, -0.15) is 0 Å². The number of rotatable bonds is 5. The van der Waals surface area contributed by atoms with Crippen LogP contribution in [-0.4, -0.2) is 35.7 Å². The van der Waals surface area contributed by atoms with Crippen LogP contribution in [0.15, 0.2) is 30.9 Å². The summed E-state index contributed by atoms with van der Waals surface area (Å²) in [4.78, 5) is 13.3. The van der Waals surface area contributed by atoms with Gasteiger partial charge in [-0.1, -0.05) is 6.08 Å². The number of nitrogens with one attached hydrogen (secondary N) is 1. The molecule has 5 heteroatoms. The van der Waals surface area contributed by atoms with Crippen LogP contribution < -0.4 is 5.32 Å². The fraction of sp³-hybridized carbons (Fsp3) is 0.308. The average Bonchev–Trinajstić information content (AvgIpc) is 2.33. The van der Waals surface area contributed by atoms with E-state index in [1.807, 2.05) is 0 Å². The molecule has 0 aliphatic rings. The Morgan fingerprint density at radius 3 is 2.89 bits per heavy atom. The molecule has 0 atom stereocenters. The average molecular weight is 252 g/mol. The van der Waals surface area contributed by atoms with E-state index in [4.69, 9.17) is 5.11 Å². The summed E-state index contributed by atoms with van der Waals surface area (Å²) >= 11 is 0. The second-order valence-electron chi connectivity index (χ2n) is 3.85. The van der Waals surface area contributed by atoms with Gasteiger partial charge in [0.15, 0.2) is 0 Å². The van der Waals surface area contributed by atoms with Gasteiger partial charge in [0.2, 0.25) is 0 Å². The van der Waals surface area contributed by atoms with Crippen LogP contribution in [0.5, 0.6) is 0 Å². The summed E-state index contributed by atoms with van der Waals surface area (Å²) in [7, 11) is 0. The maximum Gasteiger partial charge on any atom is 0.322 e. The highest BCUT2D eigenvalue weighted by molar-refractivity contribution is 5.89. The molecule has 0 saturated carbocycles. The summed E-state index contributed by atoms with van der Waals surface area (Å²) in [6.07, 6.45) is 1.57. The lowest BCUT2D eigenvalue weighted by Gasteiger charge is -2.20. The van der Waals surface area contributed by atoms with E-state index in [-0.39, 0.29) is 25.0 Å². The number of halogens is 1. The molecule has 0 spiro atoms. The topological polar surface area (TPSA) is 52.6 Å². The van der Waals surface area contributed by atoms with Crippen molar-refractivity contribution in [3.8, 4) is 0 Å². The van der Waals surface area contributed by atoms with Gasteiger partial charge in [0.1, 0.15) is 5.82 Å². The number of hydrogen-bond donors (Lipinski definition) is 2. The summed E-state index contributed by atoms with van der Waals surface area (Å²) < 4.78 is 13.1. The lowest BCUT2D eigenvalue weighted by atomic mass is 10.2. The Morgan fingerprint density at radius 1 is 1.61 bits per heavy atom. The van der Waals surface area contributed by atoms with Gasteiger partial charge in [0, 0.05) is 18.8 Å². The summed E-state index contributed by atoms with van der Waals surface area (Å²) in [5, 5.41) is 11.5. The number of urea groups is 1. The van der Waals surface area contributed by atoms with Crippen molar-refractivity contribution >= 4 is 11.7 Å². The zero-order valence-corrected chi connectivity index (χ0v) is 10.3. The van der Waals surface area contributed by atoms with Crippen LogP contribution in [0.2, 0.25) is 0 Å². The van der Waals surface area contributed by atoms with Crippen molar-refractivity contribution in [2.24, 2.45) is 0 Å². The van der Waals surface area contributed by atoms with E-state index < -0.39 is 0 Å². The predicted octanol–water partition coefficient (Wildman–Crippen LogP) is 2.15. The predicted molar refractivity (Wildman–Crippen MR) is 69.0 cm³/mol. The van der Waals surface area contributed by atoms with E-state index in [1.165, 1.54) is 17.0 Å². The van der Waals surface area contributed by atoms with Gasteiger partial charge in [-0.25, -0.2) is 9.18 Å². The van der Waals surface area contributed by atoms with Crippen molar-refractivity contribution in [3.63, 3.8) is 0 Å². The smallest absolute Gasteiger partial charge is 0.322 e. The van der Waals surface area contributed by atoms with E-state index in [0.29, 0.717) is 17.8 Å². The van der Waals surface area contributed by atoms with Gasteiger partial charge in [-0.15, -0.1) is 6.58 Å². The van der Waals surface area contributed by atoms with Crippen LogP contribution in [0.25, 0.3) is 0 Å². The molecule has 2 amide bonds. The Balaban J connectivity index is 2.72. The number of carbonyl (C=O) groups excluding carboxylic acids is 1.